The second kappa shape index (κ2) is 5.79. The highest BCUT2D eigenvalue weighted by atomic mass is 32.2. The second-order valence-corrected chi connectivity index (χ2v) is 6.33. The Morgan fingerprint density at radius 2 is 1.89 bits per heavy atom. The number of nitrogens with one attached hydrogen (secondary N) is 1. The van der Waals surface area contributed by atoms with E-state index in [4.69, 9.17) is 4.74 Å². The number of methoxy groups -OCH3 is 1. The van der Waals surface area contributed by atoms with Gasteiger partial charge in [0.1, 0.15) is 0 Å². The van der Waals surface area contributed by atoms with Crippen molar-refractivity contribution in [1.82, 2.24) is 4.72 Å². The van der Waals surface area contributed by atoms with E-state index in [9.17, 15) is 13.5 Å². The highest BCUT2D eigenvalue weighted by Crippen LogP contribution is 2.11. The van der Waals surface area contributed by atoms with Gasteiger partial charge in [0.2, 0.25) is 10.0 Å². The Bertz CT molecular complexity index is 479. The van der Waals surface area contributed by atoms with E-state index in [-0.39, 0.29) is 18.0 Å². The van der Waals surface area contributed by atoms with Crippen LogP contribution in [0.2, 0.25) is 0 Å². The van der Waals surface area contributed by atoms with Crippen molar-refractivity contribution in [2.75, 3.05) is 20.3 Å². The van der Waals surface area contributed by atoms with E-state index in [2.05, 4.69) is 4.72 Å². The molecule has 6 heteroatoms. The molecule has 1 rings (SSSR count). The number of aryl methyl sites for hydroxylation is 1. The first-order chi connectivity index (χ1) is 8.27. The van der Waals surface area contributed by atoms with E-state index in [1.54, 1.807) is 12.1 Å². The summed E-state index contributed by atoms with van der Waals surface area (Å²) in [5, 5.41) is 9.82. The standard InChI is InChI=1S/C12H19NO4S/c1-10-4-6-11(7-5-10)18(15,16)13-8-12(2,14)9-17-3/h4-7,13-14H,8-9H2,1-3H3. The summed E-state index contributed by atoms with van der Waals surface area (Å²) in [6.07, 6.45) is 0. The number of hydrogen-bond acceptors (Lipinski definition) is 4. The molecule has 18 heavy (non-hydrogen) atoms. The largest absolute Gasteiger partial charge is 0.386 e. The fraction of sp³-hybridized carbons (Fsp3) is 0.500. The summed E-state index contributed by atoms with van der Waals surface area (Å²) in [5.41, 5.74) is -0.243. The van der Waals surface area contributed by atoms with Gasteiger partial charge in [-0.3, -0.25) is 0 Å². The van der Waals surface area contributed by atoms with Crippen molar-refractivity contribution in [3.8, 4) is 0 Å². The molecule has 102 valence electrons. The summed E-state index contributed by atoms with van der Waals surface area (Å²) in [5.74, 6) is 0. The van der Waals surface area contributed by atoms with E-state index in [0.29, 0.717) is 0 Å². The Labute approximate surface area is 108 Å². The molecule has 1 aromatic carbocycles. The minimum atomic E-state index is -3.59. The quantitative estimate of drug-likeness (QED) is 0.799. The number of sulfonamides is 1. The van der Waals surface area contributed by atoms with Crippen LogP contribution in [-0.2, 0) is 14.8 Å². The first-order valence-electron chi connectivity index (χ1n) is 5.54. The van der Waals surface area contributed by atoms with E-state index in [1.165, 1.54) is 26.2 Å². The molecule has 0 bridgehead atoms. The molecule has 0 radical (unpaired) electrons. The Hall–Kier alpha value is -0.950. The van der Waals surface area contributed by atoms with Crippen molar-refractivity contribution in [2.24, 2.45) is 0 Å². The van der Waals surface area contributed by atoms with Gasteiger partial charge in [0.05, 0.1) is 17.1 Å². The van der Waals surface area contributed by atoms with Crippen LogP contribution in [0, 0.1) is 6.92 Å². The van der Waals surface area contributed by atoms with Crippen molar-refractivity contribution in [3.05, 3.63) is 29.8 Å². The maximum Gasteiger partial charge on any atom is 0.240 e. The van der Waals surface area contributed by atoms with Gasteiger partial charge < -0.3 is 9.84 Å². The maximum atomic E-state index is 11.9. The van der Waals surface area contributed by atoms with E-state index >= 15 is 0 Å². The lowest BCUT2D eigenvalue weighted by Crippen LogP contribution is -2.43. The van der Waals surface area contributed by atoms with Crippen LogP contribution in [0.3, 0.4) is 0 Å². The Balaban J connectivity index is 2.74. The number of hydrogen-bond donors (Lipinski definition) is 2. The molecule has 0 aliphatic heterocycles. The SMILES string of the molecule is COCC(C)(O)CNS(=O)(=O)c1ccc(C)cc1. The van der Waals surface area contributed by atoms with Gasteiger partial charge in [-0.25, -0.2) is 13.1 Å². The minimum absolute atomic E-state index is 0.0589. The molecule has 0 saturated carbocycles. The Morgan fingerprint density at radius 1 is 1.33 bits per heavy atom. The van der Waals surface area contributed by atoms with Gasteiger partial charge in [-0.15, -0.1) is 0 Å². The number of rotatable bonds is 6. The summed E-state index contributed by atoms with van der Waals surface area (Å²) >= 11 is 0. The van der Waals surface area contributed by atoms with Crippen molar-refractivity contribution in [2.45, 2.75) is 24.3 Å². The molecule has 0 aliphatic carbocycles. The highest BCUT2D eigenvalue weighted by molar-refractivity contribution is 7.89. The third-order valence-corrected chi connectivity index (χ3v) is 3.85. The van der Waals surface area contributed by atoms with Gasteiger partial charge in [-0.05, 0) is 26.0 Å². The van der Waals surface area contributed by atoms with E-state index in [1.807, 2.05) is 6.92 Å². The fourth-order valence-electron chi connectivity index (χ4n) is 1.41. The van der Waals surface area contributed by atoms with Crippen LogP contribution in [0.4, 0.5) is 0 Å². The minimum Gasteiger partial charge on any atom is -0.386 e. The molecule has 0 aliphatic rings. The predicted octanol–water partition coefficient (Wildman–Crippen LogP) is 0.671. The summed E-state index contributed by atoms with van der Waals surface area (Å²) < 4.78 is 31.0. The van der Waals surface area contributed by atoms with Crippen molar-refractivity contribution < 1.29 is 18.3 Å². The number of benzene rings is 1. The van der Waals surface area contributed by atoms with E-state index < -0.39 is 15.6 Å². The van der Waals surface area contributed by atoms with Gasteiger partial charge >= 0.3 is 0 Å². The van der Waals surface area contributed by atoms with Crippen LogP contribution in [-0.4, -0.2) is 39.4 Å². The zero-order valence-electron chi connectivity index (χ0n) is 10.8. The lowest BCUT2D eigenvalue weighted by Gasteiger charge is -2.22. The molecule has 0 spiro atoms. The molecule has 0 fully saturated rings. The summed E-state index contributed by atoms with van der Waals surface area (Å²) in [4.78, 5) is 0.182. The second-order valence-electron chi connectivity index (χ2n) is 4.57. The molecule has 1 unspecified atom stereocenters. The smallest absolute Gasteiger partial charge is 0.240 e. The number of ether oxygens (including phenoxy) is 1. The van der Waals surface area contributed by atoms with Crippen LogP contribution in [0.1, 0.15) is 12.5 Å². The predicted molar refractivity (Wildman–Crippen MR) is 68.9 cm³/mol. The first-order valence-corrected chi connectivity index (χ1v) is 7.03. The van der Waals surface area contributed by atoms with Crippen LogP contribution in [0.15, 0.2) is 29.2 Å². The van der Waals surface area contributed by atoms with Crippen LogP contribution >= 0.6 is 0 Å². The molecule has 0 saturated heterocycles. The molecule has 1 aromatic rings. The average molecular weight is 273 g/mol. The van der Waals surface area contributed by atoms with Crippen molar-refractivity contribution in [3.63, 3.8) is 0 Å². The third-order valence-electron chi connectivity index (χ3n) is 2.43. The summed E-state index contributed by atoms with van der Waals surface area (Å²) in [6, 6.07) is 6.51. The molecule has 0 heterocycles. The zero-order chi connectivity index (χ0) is 13.8. The summed E-state index contributed by atoms with van der Waals surface area (Å²) in [6.45, 7) is 3.35. The normalized spacial score (nSPS) is 15.3. The van der Waals surface area contributed by atoms with Gasteiger partial charge in [0, 0.05) is 13.7 Å². The first kappa shape index (κ1) is 15.1. The molecule has 0 aromatic heterocycles. The average Bonchev–Trinajstić information content (AvgIpc) is 2.27. The lowest BCUT2D eigenvalue weighted by molar-refractivity contribution is -0.0119. The van der Waals surface area contributed by atoms with Gasteiger partial charge in [0.15, 0.2) is 0 Å². The van der Waals surface area contributed by atoms with Crippen LogP contribution in [0.5, 0.6) is 0 Å². The van der Waals surface area contributed by atoms with Crippen LogP contribution < -0.4 is 4.72 Å². The van der Waals surface area contributed by atoms with Crippen molar-refractivity contribution in [1.29, 1.82) is 0 Å². The maximum absolute atomic E-state index is 11.9. The summed E-state index contributed by atoms with van der Waals surface area (Å²) in [7, 11) is -2.15. The van der Waals surface area contributed by atoms with E-state index in [0.717, 1.165) is 5.56 Å². The lowest BCUT2D eigenvalue weighted by atomic mass is 10.1. The third kappa shape index (κ3) is 4.38. The van der Waals surface area contributed by atoms with Gasteiger partial charge in [0.25, 0.3) is 0 Å². The molecule has 0 amide bonds. The molecular weight excluding hydrogens is 254 g/mol. The topological polar surface area (TPSA) is 75.6 Å². The number of aliphatic hydroxyl groups is 1. The van der Waals surface area contributed by atoms with Crippen LogP contribution in [0.25, 0.3) is 0 Å². The molecular formula is C12H19NO4S. The molecule has 1 atom stereocenters. The zero-order valence-corrected chi connectivity index (χ0v) is 11.6. The highest BCUT2D eigenvalue weighted by Gasteiger charge is 2.24. The molecule has 5 nitrogen and oxygen atoms in total. The monoisotopic (exact) mass is 273 g/mol. The Morgan fingerprint density at radius 3 is 2.39 bits per heavy atom. The Kier molecular flexibility index (Phi) is 4.86. The molecule has 2 N–H and O–H groups in total. The fourth-order valence-corrected chi connectivity index (χ4v) is 2.58. The van der Waals surface area contributed by atoms with Crippen molar-refractivity contribution >= 4 is 10.0 Å². The van der Waals surface area contributed by atoms with Gasteiger partial charge in [-0.2, -0.15) is 0 Å². The van der Waals surface area contributed by atoms with Gasteiger partial charge in [-0.1, -0.05) is 17.7 Å².